The van der Waals surface area contributed by atoms with Gasteiger partial charge in [-0.1, -0.05) is 41.4 Å². The topological polar surface area (TPSA) is 32.3 Å². The van der Waals surface area contributed by atoms with Gasteiger partial charge >= 0.3 is 0 Å². The van der Waals surface area contributed by atoms with Crippen LogP contribution in [0.25, 0.3) is 0 Å². The number of carbonyl (C=O) groups is 1. The molecule has 1 unspecified atom stereocenters. The molecule has 3 rings (SSSR count). The predicted molar refractivity (Wildman–Crippen MR) is 96.7 cm³/mol. The summed E-state index contributed by atoms with van der Waals surface area (Å²) < 4.78 is 0. The first-order chi connectivity index (χ1) is 11.0. The highest BCUT2D eigenvalue weighted by Gasteiger charge is 2.25. The third kappa shape index (κ3) is 3.62. The average Bonchev–Trinajstić information content (AvgIpc) is 2.84. The number of benzene rings is 2. The maximum absolute atomic E-state index is 12.2. The van der Waals surface area contributed by atoms with Crippen LogP contribution in [-0.4, -0.2) is 18.5 Å². The molecule has 0 saturated heterocycles. The van der Waals surface area contributed by atoms with Gasteiger partial charge in [0, 0.05) is 30.4 Å². The Morgan fingerprint density at radius 3 is 2.78 bits per heavy atom. The van der Waals surface area contributed by atoms with Crippen molar-refractivity contribution < 1.29 is 4.79 Å². The second kappa shape index (κ2) is 6.81. The number of rotatable bonds is 4. The molecule has 0 aromatic heterocycles. The molecule has 0 radical (unpaired) electrons. The molecule has 1 N–H and O–H groups in total. The Bertz CT molecular complexity index is 733. The van der Waals surface area contributed by atoms with Crippen LogP contribution < -0.4 is 10.2 Å². The van der Waals surface area contributed by atoms with Gasteiger partial charge in [0.2, 0.25) is 5.91 Å². The van der Waals surface area contributed by atoms with E-state index in [0.717, 1.165) is 6.42 Å². The molecule has 0 aliphatic carbocycles. The molecular weight excluding hydrogens is 331 g/mol. The minimum atomic E-state index is -0.0278. The average molecular weight is 349 g/mol. The van der Waals surface area contributed by atoms with E-state index in [1.54, 1.807) is 18.2 Å². The van der Waals surface area contributed by atoms with E-state index in [0.29, 0.717) is 34.7 Å². The van der Waals surface area contributed by atoms with Gasteiger partial charge in [-0.15, -0.1) is 0 Å². The molecule has 1 atom stereocenters. The number of halogens is 2. The zero-order valence-electron chi connectivity index (χ0n) is 12.9. The maximum Gasteiger partial charge on any atom is 0.226 e. The summed E-state index contributed by atoms with van der Waals surface area (Å²) in [4.78, 5) is 14.5. The van der Waals surface area contributed by atoms with Crippen molar-refractivity contribution in [3.63, 3.8) is 0 Å². The van der Waals surface area contributed by atoms with Crippen LogP contribution in [0.4, 0.5) is 11.4 Å². The molecule has 2 aromatic carbocycles. The molecular formula is C18H18Cl2N2O. The van der Waals surface area contributed by atoms with Gasteiger partial charge in [0.15, 0.2) is 0 Å². The van der Waals surface area contributed by atoms with Crippen molar-refractivity contribution in [2.45, 2.75) is 25.8 Å². The van der Waals surface area contributed by atoms with Crippen LogP contribution in [0.2, 0.25) is 10.0 Å². The van der Waals surface area contributed by atoms with Gasteiger partial charge in [0.25, 0.3) is 0 Å². The van der Waals surface area contributed by atoms with Crippen LogP contribution in [-0.2, 0) is 11.2 Å². The fraction of sp³-hybridized carbons (Fsp3) is 0.278. The lowest BCUT2D eigenvalue weighted by molar-refractivity contribution is -0.116. The summed E-state index contributed by atoms with van der Waals surface area (Å²) in [6.07, 6.45) is 1.46. The Morgan fingerprint density at radius 2 is 2.00 bits per heavy atom. The molecule has 1 aliphatic heterocycles. The summed E-state index contributed by atoms with van der Waals surface area (Å²) in [5.74, 6) is -0.0278. The number of fused-ring (bicyclic) bond motifs is 1. The van der Waals surface area contributed by atoms with Crippen LogP contribution in [0, 0.1) is 0 Å². The molecule has 0 saturated carbocycles. The van der Waals surface area contributed by atoms with Crippen LogP contribution in [0.5, 0.6) is 0 Å². The van der Waals surface area contributed by atoms with E-state index in [1.165, 1.54) is 11.3 Å². The number of amides is 1. The molecule has 5 heteroatoms. The molecule has 1 heterocycles. The second-order valence-electron chi connectivity index (χ2n) is 5.80. The molecule has 0 bridgehead atoms. The molecule has 0 fully saturated rings. The van der Waals surface area contributed by atoms with Crippen molar-refractivity contribution in [2.75, 3.05) is 16.8 Å². The third-order valence-electron chi connectivity index (χ3n) is 4.13. The Balaban J connectivity index is 1.60. The fourth-order valence-electron chi connectivity index (χ4n) is 2.99. The monoisotopic (exact) mass is 348 g/mol. The van der Waals surface area contributed by atoms with Gasteiger partial charge in [-0.25, -0.2) is 0 Å². The second-order valence-corrected chi connectivity index (χ2v) is 6.62. The van der Waals surface area contributed by atoms with E-state index >= 15 is 0 Å². The maximum atomic E-state index is 12.2. The summed E-state index contributed by atoms with van der Waals surface area (Å²) in [6.45, 7) is 2.89. The van der Waals surface area contributed by atoms with Gasteiger partial charge in [0.1, 0.15) is 0 Å². The number of anilines is 2. The van der Waals surface area contributed by atoms with Crippen LogP contribution in [0.1, 0.15) is 18.9 Å². The predicted octanol–water partition coefficient (Wildman–Crippen LogP) is 4.77. The SMILES string of the molecule is CC1Cc2ccccc2N1CCC(=O)Nc1ccc(Cl)c(Cl)c1. The van der Waals surface area contributed by atoms with Crippen LogP contribution in [0.15, 0.2) is 42.5 Å². The zero-order valence-corrected chi connectivity index (χ0v) is 14.4. The summed E-state index contributed by atoms with van der Waals surface area (Å²) >= 11 is 11.8. The molecule has 120 valence electrons. The Kier molecular flexibility index (Phi) is 4.79. The lowest BCUT2D eigenvalue weighted by atomic mass is 10.1. The lowest BCUT2D eigenvalue weighted by Crippen LogP contribution is -2.32. The Morgan fingerprint density at radius 1 is 1.22 bits per heavy atom. The lowest BCUT2D eigenvalue weighted by Gasteiger charge is -2.24. The zero-order chi connectivity index (χ0) is 16.4. The van der Waals surface area contributed by atoms with Crippen LogP contribution >= 0.6 is 23.2 Å². The minimum Gasteiger partial charge on any atom is -0.368 e. The van der Waals surface area contributed by atoms with Crippen molar-refractivity contribution in [1.29, 1.82) is 0 Å². The molecule has 3 nitrogen and oxygen atoms in total. The van der Waals surface area contributed by atoms with Gasteiger partial charge in [-0.3, -0.25) is 4.79 Å². The molecule has 0 spiro atoms. The van der Waals surface area contributed by atoms with Gasteiger partial charge < -0.3 is 10.2 Å². The van der Waals surface area contributed by atoms with E-state index in [1.807, 2.05) is 6.07 Å². The highest BCUT2D eigenvalue weighted by molar-refractivity contribution is 6.42. The normalized spacial score (nSPS) is 16.3. The van der Waals surface area contributed by atoms with Crippen molar-refractivity contribution in [3.05, 3.63) is 58.1 Å². The highest BCUT2D eigenvalue weighted by Crippen LogP contribution is 2.31. The minimum absolute atomic E-state index is 0.0278. The number of carbonyl (C=O) groups excluding carboxylic acids is 1. The summed E-state index contributed by atoms with van der Waals surface area (Å²) in [7, 11) is 0. The number of nitrogens with zero attached hydrogens (tertiary/aromatic N) is 1. The standard InChI is InChI=1S/C18H18Cl2N2O/c1-12-10-13-4-2-3-5-17(13)22(12)9-8-18(23)21-14-6-7-15(19)16(20)11-14/h2-7,11-12H,8-10H2,1H3,(H,21,23). The molecule has 1 amide bonds. The number of hydrogen-bond acceptors (Lipinski definition) is 2. The number of hydrogen-bond donors (Lipinski definition) is 1. The summed E-state index contributed by atoms with van der Waals surface area (Å²) in [5, 5.41) is 3.78. The van der Waals surface area contributed by atoms with Crippen LogP contribution in [0.3, 0.4) is 0 Å². The van der Waals surface area contributed by atoms with Crippen molar-refractivity contribution in [3.8, 4) is 0 Å². The fourth-order valence-corrected chi connectivity index (χ4v) is 3.29. The highest BCUT2D eigenvalue weighted by atomic mass is 35.5. The largest absolute Gasteiger partial charge is 0.368 e. The summed E-state index contributed by atoms with van der Waals surface area (Å²) in [6, 6.07) is 13.9. The van der Waals surface area contributed by atoms with Gasteiger partial charge in [0.05, 0.1) is 10.0 Å². The molecule has 23 heavy (non-hydrogen) atoms. The first-order valence-electron chi connectivity index (χ1n) is 7.64. The van der Waals surface area contributed by atoms with Crippen molar-refractivity contribution >= 4 is 40.5 Å². The number of para-hydroxylation sites is 1. The smallest absolute Gasteiger partial charge is 0.226 e. The van der Waals surface area contributed by atoms with Crippen molar-refractivity contribution in [2.24, 2.45) is 0 Å². The van der Waals surface area contributed by atoms with E-state index in [-0.39, 0.29) is 5.91 Å². The van der Waals surface area contributed by atoms with E-state index in [9.17, 15) is 4.79 Å². The first kappa shape index (κ1) is 16.2. The van der Waals surface area contributed by atoms with Crippen molar-refractivity contribution in [1.82, 2.24) is 0 Å². The van der Waals surface area contributed by atoms with E-state index < -0.39 is 0 Å². The quantitative estimate of drug-likeness (QED) is 0.862. The number of nitrogens with one attached hydrogen (secondary N) is 1. The Labute approximate surface area is 146 Å². The first-order valence-corrected chi connectivity index (χ1v) is 8.39. The Hall–Kier alpha value is -1.71. The van der Waals surface area contributed by atoms with Gasteiger partial charge in [-0.2, -0.15) is 0 Å². The van der Waals surface area contributed by atoms with E-state index in [4.69, 9.17) is 23.2 Å². The van der Waals surface area contributed by atoms with E-state index in [2.05, 4.69) is 35.3 Å². The van der Waals surface area contributed by atoms with Gasteiger partial charge in [-0.05, 0) is 43.2 Å². The third-order valence-corrected chi connectivity index (χ3v) is 4.87. The summed E-state index contributed by atoms with van der Waals surface area (Å²) in [5.41, 5.74) is 3.26. The molecule has 2 aromatic rings. The molecule has 1 aliphatic rings.